The molecule has 154 valence electrons. The number of hydrogen-bond acceptors (Lipinski definition) is 4. The van der Waals surface area contributed by atoms with Crippen molar-refractivity contribution in [1.29, 1.82) is 0 Å². The van der Waals surface area contributed by atoms with E-state index >= 15 is 0 Å². The average molecular weight is 399 g/mol. The van der Waals surface area contributed by atoms with Crippen LogP contribution in [0.1, 0.15) is 52.4 Å². The van der Waals surface area contributed by atoms with Crippen LogP contribution in [0.5, 0.6) is 0 Å². The Balaban J connectivity index is 1.35. The Hall–Kier alpha value is -0.860. The van der Waals surface area contributed by atoms with E-state index in [1.54, 1.807) is 11.2 Å². The maximum atomic E-state index is 12.1. The van der Waals surface area contributed by atoms with Crippen molar-refractivity contribution in [3.8, 4) is 0 Å². The largest absolute Gasteiger partial charge is 0.377 e. The summed E-state index contributed by atoms with van der Waals surface area (Å²) in [7, 11) is -3.07. The fraction of sp³-hybridized carbons (Fsp3) is 0.947. The molecule has 2 N–H and O–H groups in total. The van der Waals surface area contributed by atoms with E-state index in [9.17, 15) is 8.42 Å². The predicted molar refractivity (Wildman–Crippen MR) is 106 cm³/mol. The molecule has 27 heavy (non-hydrogen) atoms. The average Bonchev–Trinajstić information content (AvgIpc) is 3.04. The highest BCUT2D eigenvalue weighted by atomic mass is 32.2. The smallest absolute Gasteiger partial charge is 0.213 e. The van der Waals surface area contributed by atoms with E-state index < -0.39 is 10.0 Å². The van der Waals surface area contributed by atoms with Crippen molar-refractivity contribution in [2.45, 2.75) is 70.6 Å². The van der Waals surface area contributed by atoms with Gasteiger partial charge in [0, 0.05) is 49.7 Å². The molecule has 3 atom stereocenters. The van der Waals surface area contributed by atoms with E-state index in [0.29, 0.717) is 36.6 Å². The number of guanidine groups is 1. The van der Waals surface area contributed by atoms with E-state index in [0.717, 1.165) is 38.4 Å². The summed E-state index contributed by atoms with van der Waals surface area (Å²) in [5.74, 6) is 1.70. The molecule has 0 radical (unpaired) electrons. The lowest BCUT2D eigenvalue weighted by Crippen LogP contribution is -2.72. The first kappa shape index (κ1) is 19.5. The Morgan fingerprint density at radius 2 is 1.93 bits per heavy atom. The maximum Gasteiger partial charge on any atom is 0.213 e. The normalized spacial score (nSPS) is 34.0. The molecular weight excluding hydrogens is 364 g/mol. The zero-order valence-corrected chi connectivity index (χ0v) is 17.4. The quantitative estimate of drug-likeness (QED) is 0.539. The van der Waals surface area contributed by atoms with Gasteiger partial charge in [0.25, 0.3) is 0 Å². The Kier molecular flexibility index (Phi) is 5.42. The molecule has 0 aromatic heterocycles. The lowest BCUT2D eigenvalue weighted by atomic mass is 9.46. The predicted octanol–water partition coefficient (Wildman–Crippen LogP) is 1.31. The first-order chi connectivity index (χ1) is 13.0. The van der Waals surface area contributed by atoms with Crippen molar-refractivity contribution in [3.05, 3.63) is 0 Å². The molecule has 0 aromatic rings. The second-order valence-electron chi connectivity index (χ2n) is 8.49. The van der Waals surface area contributed by atoms with E-state index in [2.05, 4.69) is 22.5 Å². The van der Waals surface area contributed by atoms with Crippen LogP contribution in [0.2, 0.25) is 0 Å². The number of nitrogens with one attached hydrogen (secondary N) is 2. The standard InChI is InChI=1S/C19H34N4O3S/c1-3-20-18(21-14-6-11-23(12-7-14)27(24,25)4-2)22-16-15-8-13-26-17(15)19(16)9-5-10-19/h14-17H,3-13H2,1-2H3,(H2,20,21,22). The van der Waals surface area contributed by atoms with Crippen LogP contribution < -0.4 is 10.6 Å². The van der Waals surface area contributed by atoms with E-state index in [1.165, 1.54) is 19.3 Å². The minimum atomic E-state index is -3.07. The van der Waals surface area contributed by atoms with Gasteiger partial charge in [0.1, 0.15) is 0 Å². The van der Waals surface area contributed by atoms with Gasteiger partial charge in [0.15, 0.2) is 5.96 Å². The number of ether oxygens (including phenoxy) is 1. The van der Waals surface area contributed by atoms with Gasteiger partial charge >= 0.3 is 0 Å². The molecule has 2 aliphatic carbocycles. The van der Waals surface area contributed by atoms with Crippen LogP contribution in [-0.2, 0) is 14.8 Å². The number of piperidine rings is 1. The number of fused-ring (bicyclic) bond motifs is 2. The molecule has 2 heterocycles. The van der Waals surface area contributed by atoms with Gasteiger partial charge in [-0.3, -0.25) is 4.99 Å². The first-order valence-corrected chi connectivity index (χ1v) is 12.3. The number of aliphatic imine (C=N–C) groups is 1. The molecule has 2 aliphatic heterocycles. The zero-order chi connectivity index (χ0) is 19.1. The topological polar surface area (TPSA) is 83.0 Å². The molecule has 4 aliphatic rings. The molecule has 3 unspecified atom stereocenters. The number of hydrogen-bond donors (Lipinski definition) is 2. The third-order valence-electron chi connectivity index (χ3n) is 7.20. The summed E-state index contributed by atoms with van der Waals surface area (Å²) in [6.07, 6.45) is 7.09. The van der Waals surface area contributed by atoms with Crippen LogP contribution in [0.4, 0.5) is 0 Å². The molecule has 0 aromatic carbocycles. The highest BCUT2D eigenvalue weighted by molar-refractivity contribution is 7.89. The fourth-order valence-electron chi connectivity index (χ4n) is 5.55. The first-order valence-electron chi connectivity index (χ1n) is 10.7. The summed E-state index contributed by atoms with van der Waals surface area (Å²) in [6, 6.07) is 0.747. The Morgan fingerprint density at radius 1 is 1.19 bits per heavy atom. The van der Waals surface area contributed by atoms with Gasteiger partial charge in [-0.2, -0.15) is 0 Å². The second kappa shape index (κ2) is 7.52. The van der Waals surface area contributed by atoms with Crippen molar-refractivity contribution in [3.63, 3.8) is 0 Å². The van der Waals surface area contributed by atoms with Crippen LogP contribution in [0.3, 0.4) is 0 Å². The molecule has 8 heteroatoms. The molecule has 1 spiro atoms. The minimum absolute atomic E-state index is 0.184. The Morgan fingerprint density at radius 3 is 2.52 bits per heavy atom. The van der Waals surface area contributed by atoms with E-state index in [-0.39, 0.29) is 11.8 Å². The number of rotatable bonds is 5. The molecule has 0 bridgehead atoms. The molecule has 4 rings (SSSR count). The van der Waals surface area contributed by atoms with Gasteiger partial charge in [-0.05, 0) is 46.0 Å². The van der Waals surface area contributed by atoms with Crippen molar-refractivity contribution in [2.75, 3.05) is 32.0 Å². The third-order valence-corrected chi connectivity index (χ3v) is 9.08. The summed E-state index contributed by atoms with van der Waals surface area (Å²) in [5.41, 5.74) is 0.329. The molecule has 7 nitrogen and oxygen atoms in total. The highest BCUT2D eigenvalue weighted by Gasteiger charge is 2.66. The van der Waals surface area contributed by atoms with Crippen molar-refractivity contribution >= 4 is 16.0 Å². The van der Waals surface area contributed by atoms with Gasteiger partial charge < -0.3 is 15.4 Å². The monoisotopic (exact) mass is 398 g/mol. The van der Waals surface area contributed by atoms with Gasteiger partial charge in [-0.15, -0.1) is 0 Å². The summed E-state index contributed by atoms with van der Waals surface area (Å²) in [5, 5.41) is 7.33. The van der Waals surface area contributed by atoms with Crippen LogP contribution in [0.25, 0.3) is 0 Å². The summed E-state index contributed by atoms with van der Waals surface area (Å²) in [6.45, 7) is 6.60. The number of nitrogens with zero attached hydrogens (tertiary/aromatic N) is 2. The maximum absolute atomic E-state index is 12.1. The Labute approximate surface area is 163 Å². The lowest BCUT2D eigenvalue weighted by Gasteiger charge is -2.63. The van der Waals surface area contributed by atoms with Gasteiger partial charge in [0.2, 0.25) is 10.0 Å². The molecule has 4 fully saturated rings. The van der Waals surface area contributed by atoms with Crippen LogP contribution in [-0.4, -0.2) is 68.9 Å². The van der Waals surface area contributed by atoms with Crippen molar-refractivity contribution < 1.29 is 13.2 Å². The molecule has 0 amide bonds. The second-order valence-corrected chi connectivity index (χ2v) is 10.8. The lowest BCUT2D eigenvalue weighted by molar-refractivity contribution is -0.171. The third kappa shape index (κ3) is 3.38. The van der Waals surface area contributed by atoms with Crippen molar-refractivity contribution in [2.24, 2.45) is 16.3 Å². The van der Waals surface area contributed by atoms with E-state index in [1.807, 2.05) is 0 Å². The molecule has 2 saturated heterocycles. The minimum Gasteiger partial charge on any atom is -0.377 e. The molecular formula is C19H34N4O3S. The highest BCUT2D eigenvalue weighted by Crippen LogP contribution is 2.62. The van der Waals surface area contributed by atoms with E-state index in [4.69, 9.17) is 4.74 Å². The summed E-state index contributed by atoms with van der Waals surface area (Å²) < 4.78 is 31.8. The fourth-order valence-corrected chi connectivity index (χ4v) is 6.68. The summed E-state index contributed by atoms with van der Waals surface area (Å²) >= 11 is 0. The van der Waals surface area contributed by atoms with Crippen LogP contribution in [0.15, 0.2) is 4.99 Å². The Bertz CT molecular complexity index is 668. The SMILES string of the molecule is CCN=C(NC1CCN(S(=O)(=O)CC)CC1)NC1C2CCOC2C12CCC2. The van der Waals surface area contributed by atoms with Gasteiger partial charge in [-0.25, -0.2) is 12.7 Å². The number of sulfonamides is 1. The summed E-state index contributed by atoms with van der Waals surface area (Å²) in [4.78, 5) is 4.68. The zero-order valence-electron chi connectivity index (χ0n) is 16.6. The van der Waals surface area contributed by atoms with Crippen LogP contribution in [0, 0.1) is 11.3 Å². The van der Waals surface area contributed by atoms with Gasteiger partial charge in [0.05, 0.1) is 11.9 Å². The van der Waals surface area contributed by atoms with Crippen LogP contribution >= 0.6 is 0 Å². The van der Waals surface area contributed by atoms with Crippen molar-refractivity contribution in [1.82, 2.24) is 14.9 Å². The molecule has 2 saturated carbocycles. The van der Waals surface area contributed by atoms with Gasteiger partial charge in [-0.1, -0.05) is 6.42 Å².